The van der Waals surface area contributed by atoms with E-state index < -0.39 is 0 Å². The number of nitrogens with one attached hydrogen (secondary N) is 1. The van der Waals surface area contributed by atoms with E-state index in [9.17, 15) is 0 Å². The molecule has 108 valence electrons. The van der Waals surface area contributed by atoms with Crippen LogP contribution in [0.1, 0.15) is 56.0 Å². The molecule has 1 aromatic carbocycles. The quantitative estimate of drug-likeness (QED) is 0.686. The highest BCUT2D eigenvalue weighted by atomic mass is 32.1. The van der Waals surface area contributed by atoms with E-state index in [2.05, 4.69) is 67.0 Å². The highest BCUT2D eigenvalue weighted by Crippen LogP contribution is 2.27. The van der Waals surface area contributed by atoms with Crippen LogP contribution < -0.4 is 5.32 Å². The van der Waals surface area contributed by atoms with Crippen LogP contribution in [0.5, 0.6) is 0 Å². The third-order valence-electron chi connectivity index (χ3n) is 3.64. The zero-order valence-corrected chi connectivity index (χ0v) is 13.3. The van der Waals surface area contributed by atoms with Crippen molar-refractivity contribution in [1.82, 2.24) is 5.32 Å². The Balaban J connectivity index is 2.19. The fourth-order valence-electron chi connectivity index (χ4n) is 2.69. The normalized spacial score (nSPS) is 12.8. The van der Waals surface area contributed by atoms with Crippen molar-refractivity contribution in [2.45, 2.75) is 51.6 Å². The van der Waals surface area contributed by atoms with Gasteiger partial charge in [-0.05, 0) is 29.9 Å². The summed E-state index contributed by atoms with van der Waals surface area (Å²) in [4.78, 5) is 1.41. The number of hydrogen-bond acceptors (Lipinski definition) is 2. The smallest absolute Gasteiger partial charge is 0.0673 e. The molecule has 1 heterocycles. The van der Waals surface area contributed by atoms with E-state index in [0.717, 1.165) is 0 Å². The van der Waals surface area contributed by atoms with Gasteiger partial charge in [0.1, 0.15) is 0 Å². The van der Waals surface area contributed by atoms with E-state index >= 15 is 0 Å². The van der Waals surface area contributed by atoms with Crippen molar-refractivity contribution in [2.75, 3.05) is 0 Å². The lowest BCUT2D eigenvalue weighted by molar-refractivity contribution is 0.417. The molecule has 1 nitrogen and oxygen atoms in total. The van der Waals surface area contributed by atoms with Gasteiger partial charge in [-0.1, -0.05) is 63.1 Å². The molecule has 1 aromatic heterocycles. The second kappa shape index (κ2) is 8.23. The topological polar surface area (TPSA) is 12.0 Å². The van der Waals surface area contributed by atoms with Crippen LogP contribution in [0, 0.1) is 0 Å². The molecule has 0 spiro atoms. The molecule has 0 bridgehead atoms. The maximum absolute atomic E-state index is 3.89. The van der Waals surface area contributed by atoms with Gasteiger partial charge in [-0.25, -0.2) is 0 Å². The number of thiophene rings is 1. The van der Waals surface area contributed by atoms with Crippen LogP contribution in [-0.2, 0) is 0 Å². The summed E-state index contributed by atoms with van der Waals surface area (Å²) in [6.07, 6.45) is 4.98. The van der Waals surface area contributed by atoms with Gasteiger partial charge in [-0.3, -0.25) is 0 Å². The first-order valence-electron chi connectivity index (χ1n) is 7.69. The van der Waals surface area contributed by atoms with Crippen molar-refractivity contribution in [1.29, 1.82) is 0 Å². The van der Waals surface area contributed by atoms with Crippen LogP contribution in [0.2, 0.25) is 0 Å². The average molecular weight is 287 g/mol. The molecular formula is C18H25NS. The van der Waals surface area contributed by atoms with Crippen molar-refractivity contribution in [3.8, 4) is 0 Å². The van der Waals surface area contributed by atoms with Crippen molar-refractivity contribution in [3.05, 3.63) is 58.3 Å². The zero-order chi connectivity index (χ0) is 14.2. The van der Waals surface area contributed by atoms with Crippen LogP contribution in [0.15, 0.2) is 47.8 Å². The van der Waals surface area contributed by atoms with Crippen LogP contribution in [0.3, 0.4) is 0 Å². The lowest BCUT2D eigenvalue weighted by atomic mass is 10.0. The summed E-state index contributed by atoms with van der Waals surface area (Å²) in [5, 5.41) is 6.05. The Morgan fingerprint density at radius 1 is 0.950 bits per heavy atom. The summed E-state index contributed by atoms with van der Waals surface area (Å²) in [5.41, 5.74) is 1.37. The van der Waals surface area contributed by atoms with E-state index in [1.165, 1.54) is 36.1 Å². The Morgan fingerprint density at radius 3 is 2.20 bits per heavy atom. The van der Waals surface area contributed by atoms with Crippen LogP contribution in [0.25, 0.3) is 0 Å². The lowest BCUT2D eigenvalue weighted by Crippen LogP contribution is -2.33. The van der Waals surface area contributed by atoms with Crippen LogP contribution in [-0.4, -0.2) is 6.04 Å². The van der Waals surface area contributed by atoms with Crippen molar-refractivity contribution in [3.63, 3.8) is 0 Å². The summed E-state index contributed by atoms with van der Waals surface area (Å²) in [5.74, 6) is 0. The first kappa shape index (κ1) is 15.3. The minimum atomic E-state index is 0.333. The molecule has 0 aliphatic heterocycles. The molecule has 0 aliphatic carbocycles. The van der Waals surface area contributed by atoms with Gasteiger partial charge in [0.15, 0.2) is 0 Å². The van der Waals surface area contributed by atoms with Gasteiger partial charge in [0, 0.05) is 10.9 Å². The molecule has 2 rings (SSSR count). The monoisotopic (exact) mass is 287 g/mol. The van der Waals surface area contributed by atoms with Crippen molar-refractivity contribution in [2.24, 2.45) is 0 Å². The SMILES string of the molecule is CCCC(CCC)NC(c1ccccc1)c1cccs1. The lowest BCUT2D eigenvalue weighted by Gasteiger charge is -2.25. The largest absolute Gasteiger partial charge is 0.303 e. The average Bonchev–Trinajstić information content (AvgIpc) is 3.00. The molecule has 0 radical (unpaired) electrons. The van der Waals surface area contributed by atoms with E-state index in [4.69, 9.17) is 0 Å². The second-order valence-corrected chi connectivity index (χ2v) is 6.28. The summed E-state index contributed by atoms with van der Waals surface area (Å²) < 4.78 is 0. The van der Waals surface area contributed by atoms with Crippen molar-refractivity contribution < 1.29 is 0 Å². The summed E-state index contributed by atoms with van der Waals surface area (Å²) in [7, 11) is 0. The molecule has 20 heavy (non-hydrogen) atoms. The van der Waals surface area contributed by atoms with Gasteiger partial charge in [-0.15, -0.1) is 11.3 Å². The van der Waals surface area contributed by atoms with Crippen molar-refractivity contribution >= 4 is 11.3 Å². The summed E-state index contributed by atoms with van der Waals surface area (Å²) in [6.45, 7) is 4.54. The van der Waals surface area contributed by atoms with E-state index in [1.54, 1.807) is 0 Å². The molecule has 0 saturated carbocycles. The van der Waals surface area contributed by atoms with Crippen LogP contribution in [0.4, 0.5) is 0 Å². The minimum Gasteiger partial charge on any atom is -0.303 e. The maximum atomic E-state index is 3.89. The van der Waals surface area contributed by atoms with Gasteiger partial charge in [-0.2, -0.15) is 0 Å². The molecule has 0 fully saturated rings. The number of benzene rings is 1. The maximum Gasteiger partial charge on any atom is 0.0673 e. The Morgan fingerprint density at radius 2 is 1.65 bits per heavy atom. The Kier molecular flexibility index (Phi) is 6.28. The highest BCUT2D eigenvalue weighted by Gasteiger charge is 2.18. The Hall–Kier alpha value is -1.12. The summed E-state index contributed by atoms with van der Waals surface area (Å²) in [6, 6.07) is 16.1. The second-order valence-electron chi connectivity index (χ2n) is 5.30. The number of hydrogen-bond donors (Lipinski definition) is 1. The molecule has 0 aliphatic rings. The predicted molar refractivity (Wildman–Crippen MR) is 89.3 cm³/mol. The van der Waals surface area contributed by atoms with Gasteiger partial charge in [0.2, 0.25) is 0 Å². The van der Waals surface area contributed by atoms with Gasteiger partial charge < -0.3 is 5.32 Å². The molecule has 2 heteroatoms. The molecule has 1 N–H and O–H groups in total. The highest BCUT2D eigenvalue weighted by molar-refractivity contribution is 7.10. The summed E-state index contributed by atoms with van der Waals surface area (Å²) >= 11 is 1.84. The predicted octanol–water partition coefficient (Wildman–Crippen LogP) is 5.40. The van der Waals surface area contributed by atoms with E-state index in [1.807, 2.05) is 11.3 Å². The first-order chi connectivity index (χ1) is 9.85. The molecular weight excluding hydrogens is 262 g/mol. The third kappa shape index (κ3) is 4.19. The van der Waals surface area contributed by atoms with Crippen LogP contribution >= 0.6 is 11.3 Å². The Labute approximate surface area is 127 Å². The third-order valence-corrected chi connectivity index (χ3v) is 4.57. The zero-order valence-electron chi connectivity index (χ0n) is 12.5. The molecule has 0 amide bonds. The molecule has 2 aromatic rings. The minimum absolute atomic E-state index is 0.333. The van der Waals surface area contributed by atoms with Gasteiger partial charge >= 0.3 is 0 Å². The van der Waals surface area contributed by atoms with Gasteiger partial charge in [0.05, 0.1) is 6.04 Å². The Bertz CT molecular complexity index is 457. The van der Waals surface area contributed by atoms with E-state index in [0.29, 0.717) is 12.1 Å². The first-order valence-corrected chi connectivity index (χ1v) is 8.57. The fourth-order valence-corrected chi connectivity index (χ4v) is 3.50. The molecule has 1 unspecified atom stereocenters. The molecule has 1 atom stereocenters. The standard InChI is InChI=1S/C18H25NS/c1-3-9-16(10-4-2)19-18(17-13-8-14-20-17)15-11-6-5-7-12-15/h5-8,11-14,16,18-19H,3-4,9-10H2,1-2H3. The molecule has 0 saturated heterocycles. The number of rotatable bonds is 8. The van der Waals surface area contributed by atoms with Gasteiger partial charge in [0.25, 0.3) is 0 Å². The fraction of sp³-hybridized carbons (Fsp3) is 0.444. The van der Waals surface area contributed by atoms with E-state index in [-0.39, 0.29) is 0 Å².